The number of anilines is 1. The number of carbonyl (C=O) groups is 1. The van der Waals surface area contributed by atoms with Gasteiger partial charge in [-0.15, -0.1) is 0 Å². The van der Waals surface area contributed by atoms with E-state index in [0.717, 1.165) is 15.6 Å². The fourth-order valence-electron chi connectivity index (χ4n) is 2.44. The number of amides is 1. The van der Waals surface area contributed by atoms with E-state index in [1.54, 1.807) is 18.2 Å². The molecule has 1 heterocycles. The van der Waals surface area contributed by atoms with Crippen molar-refractivity contribution in [3.05, 3.63) is 52.0 Å². The highest BCUT2D eigenvalue weighted by atomic mass is 79.9. The standard InChI is InChI=1S/C17H16BrN3O3S/c1-10-3-5-14-15(7-10)21-17(20-14)25(23,24)9-16(22)19-13-6-4-12(18)8-11(13)2/h3-8H,9H2,1-2H3,(H,19,22)(H,20,21). The van der Waals surface area contributed by atoms with Crippen LogP contribution in [-0.2, 0) is 14.6 Å². The number of benzene rings is 2. The average Bonchev–Trinajstić information content (AvgIpc) is 2.93. The van der Waals surface area contributed by atoms with Gasteiger partial charge in [-0.25, -0.2) is 13.4 Å². The van der Waals surface area contributed by atoms with Crippen molar-refractivity contribution in [1.29, 1.82) is 0 Å². The van der Waals surface area contributed by atoms with E-state index in [0.29, 0.717) is 16.7 Å². The molecule has 0 spiro atoms. The first-order valence-corrected chi connectivity index (χ1v) is 9.94. The first kappa shape index (κ1) is 17.6. The van der Waals surface area contributed by atoms with Gasteiger partial charge in [-0.2, -0.15) is 0 Å². The summed E-state index contributed by atoms with van der Waals surface area (Å²) in [5.74, 6) is -1.29. The molecule has 0 aliphatic rings. The van der Waals surface area contributed by atoms with E-state index in [-0.39, 0.29) is 5.16 Å². The largest absolute Gasteiger partial charge is 0.329 e. The lowest BCUT2D eigenvalue weighted by atomic mass is 10.2. The predicted molar refractivity (Wildman–Crippen MR) is 100 cm³/mol. The molecule has 0 aliphatic heterocycles. The number of aromatic nitrogens is 2. The van der Waals surface area contributed by atoms with Crippen LogP contribution >= 0.6 is 15.9 Å². The summed E-state index contributed by atoms with van der Waals surface area (Å²) >= 11 is 3.34. The highest BCUT2D eigenvalue weighted by Crippen LogP contribution is 2.21. The maximum absolute atomic E-state index is 12.5. The molecule has 0 unspecified atom stereocenters. The Balaban J connectivity index is 1.81. The number of imidazole rings is 1. The van der Waals surface area contributed by atoms with Crippen LogP contribution in [0.2, 0.25) is 0 Å². The van der Waals surface area contributed by atoms with Crippen LogP contribution in [0.4, 0.5) is 5.69 Å². The van der Waals surface area contributed by atoms with E-state index in [1.807, 2.05) is 32.0 Å². The van der Waals surface area contributed by atoms with Crippen LogP contribution in [-0.4, -0.2) is 30.0 Å². The third kappa shape index (κ3) is 3.91. The molecule has 0 aliphatic carbocycles. The fourth-order valence-corrected chi connectivity index (χ4v) is 3.97. The summed E-state index contributed by atoms with van der Waals surface area (Å²) in [4.78, 5) is 19.0. The van der Waals surface area contributed by atoms with Crippen LogP contribution < -0.4 is 5.32 Å². The number of aryl methyl sites for hydroxylation is 2. The Labute approximate surface area is 153 Å². The van der Waals surface area contributed by atoms with E-state index in [2.05, 4.69) is 31.2 Å². The molecule has 25 heavy (non-hydrogen) atoms. The highest BCUT2D eigenvalue weighted by Gasteiger charge is 2.23. The van der Waals surface area contributed by atoms with Crippen LogP contribution in [0, 0.1) is 13.8 Å². The first-order valence-electron chi connectivity index (χ1n) is 7.50. The quantitative estimate of drug-likeness (QED) is 0.675. The molecule has 0 atom stereocenters. The molecule has 8 heteroatoms. The van der Waals surface area contributed by atoms with Crippen molar-refractivity contribution in [2.45, 2.75) is 19.0 Å². The Bertz CT molecular complexity index is 1070. The molecule has 0 radical (unpaired) electrons. The van der Waals surface area contributed by atoms with E-state index in [4.69, 9.17) is 0 Å². The lowest BCUT2D eigenvalue weighted by molar-refractivity contribution is -0.113. The maximum Gasteiger partial charge on any atom is 0.240 e. The normalized spacial score (nSPS) is 11.6. The Morgan fingerprint density at radius 2 is 1.96 bits per heavy atom. The number of hydrogen-bond acceptors (Lipinski definition) is 4. The van der Waals surface area contributed by atoms with Gasteiger partial charge in [0.2, 0.25) is 20.9 Å². The van der Waals surface area contributed by atoms with Gasteiger partial charge in [-0.3, -0.25) is 4.79 Å². The Hall–Kier alpha value is -2.19. The number of fused-ring (bicyclic) bond motifs is 1. The molecule has 3 rings (SSSR count). The Morgan fingerprint density at radius 3 is 2.68 bits per heavy atom. The number of nitrogens with zero attached hydrogens (tertiary/aromatic N) is 1. The number of H-pyrrole nitrogens is 1. The van der Waals surface area contributed by atoms with Crippen molar-refractivity contribution in [2.75, 3.05) is 11.1 Å². The number of hydrogen-bond donors (Lipinski definition) is 2. The molecule has 3 aromatic rings. The maximum atomic E-state index is 12.5. The number of nitrogens with one attached hydrogen (secondary N) is 2. The van der Waals surface area contributed by atoms with Crippen molar-refractivity contribution >= 4 is 48.4 Å². The lowest BCUT2D eigenvalue weighted by Gasteiger charge is -2.08. The number of aromatic amines is 1. The van der Waals surface area contributed by atoms with Gasteiger partial charge in [0.25, 0.3) is 0 Å². The summed E-state index contributed by atoms with van der Waals surface area (Å²) in [5, 5.41) is 2.43. The molecule has 2 aromatic carbocycles. The summed E-state index contributed by atoms with van der Waals surface area (Å²) < 4.78 is 25.8. The summed E-state index contributed by atoms with van der Waals surface area (Å²) in [6, 6.07) is 10.7. The van der Waals surface area contributed by atoms with Crippen LogP contribution in [0.25, 0.3) is 11.0 Å². The van der Waals surface area contributed by atoms with Gasteiger partial charge in [-0.05, 0) is 55.3 Å². The third-order valence-corrected chi connectivity index (χ3v) is 5.61. The molecule has 0 saturated heterocycles. The van der Waals surface area contributed by atoms with Crippen LogP contribution in [0.5, 0.6) is 0 Å². The van der Waals surface area contributed by atoms with Crippen molar-refractivity contribution in [3.63, 3.8) is 0 Å². The predicted octanol–water partition coefficient (Wildman–Crippen LogP) is 3.35. The summed E-state index contributed by atoms with van der Waals surface area (Å²) in [5.41, 5.74) is 3.57. The van der Waals surface area contributed by atoms with Crippen LogP contribution in [0.15, 0.2) is 46.0 Å². The molecule has 1 amide bonds. The van der Waals surface area contributed by atoms with Gasteiger partial charge in [0.1, 0.15) is 5.75 Å². The monoisotopic (exact) mass is 421 g/mol. The molecular formula is C17H16BrN3O3S. The molecule has 0 saturated carbocycles. The SMILES string of the molecule is Cc1ccc2nc(S(=O)(=O)CC(=O)Nc3ccc(Br)cc3C)[nH]c2c1. The minimum absolute atomic E-state index is 0.198. The minimum Gasteiger partial charge on any atom is -0.329 e. The second-order valence-corrected chi connectivity index (χ2v) is 8.65. The minimum atomic E-state index is -3.86. The zero-order valence-electron chi connectivity index (χ0n) is 13.6. The molecule has 6 nitrogen and oxygen atoms in total. The van der Waals surface area contributed by atoms with Gasteiger partial charge in [0, 0.05) is 10.2 Å². The zero-order chi connectivity index (χ0) is 18.2. The number of rotatable bonds is 4. The molecule has 0 fully saturated rings. The van der Waals surface area contributed by atoms with Gasteiger partial charge in [-0.1, -0.05) is 22.0 Å². The van der Waals surface area contributed by atoms with Gasteiger partial charge in [0.05, 0.1) is 11.0 Å². The fraction of sp³-hybridized carbons (Fsp3) is 0.176. The van der Waals surface area contributed by atoms with Gasteiger partial charge < -0.3 is 10.3 Å². The second-order valence-electron chi connectivity index (χ2n) is 5.83. The average molecular weight is 422 g/mol. The van der Waals surface area contributed by atoms with Crippen molar-refractivity contribution < 1.29 is 13.2 Å². The van der Waals surface area contributed by atoms with E-state index in [1.165, 1.54) is 0 Å². The Morgan fingerprint density at radius 1 is 1.20 bits per heavy atom. The molecular weight excluding hydrogens is 406 g/mol. The number of sulfone groups is 1. The summed E-state index contributed by atoms with van der Waals surface area (Å²) in [7, 11) is -3.86. The van der Waals surface area contributed by atoms with Crippen LogP contribution in [0.1, 0.15) is 11.1 Å². The van der Waals surface area contributed by atoms with Gasteiger partial charge >= 0.3 is 0 Å². The van der Waals surface area contributed by atoms with E-state index in [9.17, 15) is 13.2 Å². The van der Waals surface area contributed by atoms with E-state index >= 15 is 0 Å². The lowest BCUT2D eigenvalue weighted by Crippen LogP contribution is -2.24. The van der Waals surface area contributed by atoms with Gasteiger partial charge in [0.15, 0.2) is 0 Å². The van der Waals surface area contributed by atoms with Crippen LogP contribution in [0.3, 0.4) is 0 Å². The highest BCUT2D eigenvalue weighted by molar-refractivity contribution is 9.10. The molecule has 2 N–H and O–H groups in total. The number of halogens is 1. The zero-order valence-corrected chi connectivity index (χ0v) is 16.0. The van der Waals surface area contributed by atoms with Crippen molar-refractivity contribution in [3.8, 4) is 0 Å². The number of carbonyl (C=O) groups excluding carboxylic acids is 1. The van der Waals surface area contributed by atoms with Crippen molar-refractivity contribution in [2.24, 2.45) is 0 Å². The molecule has 1 aromatic heterocycles. The molecule has 130 valence electrons. The summed E-state index contributed by atoms with van der Waals surface area (Å²) in [6.07, 6.45) is 0. The first-order chi connectivity index (χ1) is 11.7. The molecule has 0 bridgehead atoms. The topological polar surface area (TPSA) is 91.9 Å². The summed E-state index contributed by atoms with van der Waals surface area (Å²) in [6.45, 7) is 3.74. The van der Waals surface area contributed by atoms with E-state index < -0.39 is 21.5 Å². The van der Waals surface area contributed by atoms with Crippen molar-refractivity contribution in [1.82, 2.24) is 9.97 Å². The Kier molecular flexibility index (Phi) is 4.66. The second kappa shape index (κ2) is 6.61. The smallest absolute Gasteiger partial charge is 0.240 e. The third-order valence-electron chi connectivity index (χ3n) is 3.69.